The summed E-state index contributed by atoms with van der Waals surface area (Å²) in [5.41, 5.74) is 2.88. The number of nitrogens with one attached hydrogen (secondary N) is 3. The molecule has 31 heavy (non-hydrogen) atoms. The number of unbranched alkanes of at least 4 members (excludes halogenated alkanes) is 3. The van der Waals surface area contributed by atoms with E-state index in [9.17, 15) is 4.79 Å². The minimum Gasteiger partial charge on any atom is -0.496 e. The molecule has 5 nitrogen and oxygen atoms in total. The molecule has 2 amide bonds. The van der Waals surface area contributed by atoms with Crippen molar-refractivity contribution in [3.63, 3.8) is 0 Å². The zero-order chi connectivity index (χ0) is 21.4. The number of benzene rings is 1. The van der Waals surface area contributed by atoms with E-state index in [2.05, 4.69) is 34.1 Å². The maximum atomic E-state index is 11.7. The third-order valence-electron chi connectivity index (χ3n) is 5.89. The second-order valence-electron chi connectivity index (χ2n) is 8.24. The van der Waals surface area contributed by atoms with E-state index < -0.39 is 0 Å². The van der Waals surface area contributed by atoms with Crippen LogP contribution in [-0.2, 0) is 12.8 Å². The SMILES string of the molecule is COc1cccc2c1CC(CCCNCCCNC(=O)NCCCCCCCl)CC2.Cl. The van der Waals surface area contributed by atoms with Gasteiger partial charge in [-0.05, 0) is 87.6 Å². The van der Waals surface area contributed by atoms with E-state index in [0.29, 0.717) is 6.54 Å². The van der Waals surface area contributed by atoms with Crippen LogP contribution in [0.4, 0.5) is 4.79 Å². The average molecular weight is 475 g/mol. The van der Waals surface area contributed by atoms with Gasteiger partial charge in [-0.1, -0.05) is 25.0 Å². The van der Waals surface area contributed by atoms with Crippen molar-refractivity contribution < 1.29 is 9.53 Å². The third-order valence-corrected chi connectivity index (χ3v) is 6.16. The van der Waals surface area contributed by atoms with Gasteiger partial charge in [0.1, 0.15) is 5.75 Å². The monoisotopic (exact) mass is 473 g/mol. The van der Waals surface area contributed by atoms with Crippen molar-refractivity contribution in [1.29, 1.82) is 0 Å². The highest BCUT2D eigenvalue weighted by Crippen LogP contribution is 2.33. The molecule has 3 N–H and O–H groups in total. The number of fused-ring (bicyclic) bond motifs is 1. The molecule has 0 fully saturated rings. The zero-order valence-electron chi connectivity index (χ0n) is 19.0. The average Bonchev–Trinajstić information content (AvgIpc) is 2.77. The minimum atomic E-state index is -0.0552. The van der Waals surface area contributed by atoms with Crippen molar-refractivity contribution in [2.45, 2.75) is 64.2 Å². The van der Waals surface area contributed by atoms with Crippen LogP contribution in [0.3, 0.4) is 0 Å². The Balaban J connectivity index is 0.00000480. The Labute approximate surface area is 199 Å². The highest BCUT2D eigenvalue weighted by Gasteiger charge is 2.20. The van der Waals surface area contributed by atoms with Crippen LogP contribution in [0.15, 0.2) is 18.2 Å². The molecule has 0 aliphatic heterocycles. The van der Waals surface area contributed by atoms with Gasteiger partial charge in [0.05, 0.1) is 7.11 Å². The number of carbonyl (C=O) groups is 1. The summed E-state index contributed by atoms with van der Waals surface area (Å²) in [7, 11) is 1.77. The molecular formula is C24H41Cl2N3O2. The molecule has 0 aromatic heterocycles. The maximum Gasteiger partial charge on any atom is 0.314 e. The van der Waals surface area contributed by atoms with E-state index in [0.717, 1.165) is 75.7 Å². The van der Waals surface area contributed by atoms with Crippen LogP contribution in [0, 0.1) is 5.92 Å². The lowest BCUT2D eigenvalue weighted by molar-refractivity contribution is 0.240. The van der Waals surface area contributed by atoms with Gasteiger partial charge >= 0.3 is 6.03 Å². The van der Waals surface area contributed by atoms with Crippen molar-refractivity contribution in [2.24, 2.45) is 5.92 Å². The molecule has 1 aromatic rings. The van der Waals surface area contributed by atoms with Crippen LogP contribution < -0.4 is 20.7 Å². The lowest BCUT2D eigenvalue weighted by Crippen LogP contribution is -2.37. The van der Waals surface area contributed by atoms with Crippen molar-refractivity contribution in [2.75, 3.05) is 39.2 Å². The molecule has 0 saturated carbocycles. The van der Waals surface area contributed by atoms with Crippen molar-refractivity contribution in [3.05, 3.63) is 29.3 Å². The first-order chi connectivity index (χ1) is 14.7. The van der Waals surface area contributed by atoms with Gasteiger partial charge in [-0.25, -0.2) is 4.79 Å². The molecule has 7 heteroatoms. The lowest BCUT2D eigenvalue weighted by atomic mass is 9.81. The molecule has 0 bridgehead atoms. The van der Waals surface area contributed by atoms with Crippen LogP contribution in [0.2, 0.25) is 0 Å². The first kappa shape index (κ1) is 27.9. The maximum absolute atomic E-state index is 11.7. The molecule has 0 heterocycles. The van der Waals surface area contributed by atoms with E-state index in [1.807, 2.05) is 0 Å². The number of aryl methyl sites for hydroxylation is 1. The Morgan fingerprint density at radius 2 is 1.77 bits per heavy atom. The Morgan fingerprint density at radius 3 is 2.55 bits per heavy atom. The number of halogens is 2. The molecule has 2 rings (SSSR count). The number of urea groups is 1. The first-order valence-corrected chi connectivity index (χ1v) is 12.2. The lowest BCUT2D eigenvalue weighted by Gasteiger charge is -2.26. The van der Waals surface area contributed by atoms with E-state index in [1.54, 1.807) is 7.11 Å². The molecule has 1 atom stereocenters. The van der Waals surface area contributed by atoms with Gasteiger partial charge in [0.15, 0.2) is 0 Å². The van der Waals surface area contributed by atoms with Crippen LogP contribution in [0.1, 0.15) is 62.5 Å². The normalized spacial score (nSPS) is 15.0. The predicted octanol–water partition coefficient (Wildman–Crippen LogP) is 5.08. The summed E-state index contributed by atoms with van der Waals surface area (Å²) in [6.45, 7) is 3.44. The molecular weight excluding hydrogens is 433 g/mol. The smallest absolute Gasteiger partial charge is 0.314 e. The highest BCUT2D eigenvalue weighted by molar-refractivity contribution is 6.17. The third kappa shape index (κ3) is 11.3. The number of carbonyl (C=O) groups excluding carboxylic acids is 1. The van der Waals surface area contributed by atoms with Gasteiger partial charge in [0, 0.05) is 19.0 Å². The number of hydrogen-bond acceptors (Lipinski definition) is 3. The summed E-state index contributed by atoms with van der Waals surface area (Å²) in [6.07, 6.45) is 11.4. The Bertz CT molecular complexity index is 602. The number of amides is 2. The second kappa shape index (κ2) is 17.4. The summed E-state index contributed by atoms with van der Waals surface area (Å²) in [5.74, 6) is 2.54. The topological polar surface area (TPSA) is 62.4 Å². The molecule has 1 aromatic carbocycles. The van der Waals surface area contributed by atoms with E-state index >= 15 is 0 Å². The molecule has 1 unspecified atom stereocenters. The number of alkyl halides is 1. The Kier molecular flexibility index (Phi) is 15.6. The standard InChI is InChI=1S/C24H40ClN3O2.ClH/c1-30-23-11-6-10-21-13-12-20(19-22(21)23)9-7-15-26-16-8-18-28-24(29)27-17-5-3-2-4-14-25;/h6,10-11,20,26H,2-5,7-9,12-19H2,1H3,(H2,27,28,29);1H. The molecule has 0 spiro atoms. The number of rotatable bonds is 15. The second-order valence-corrected chi connectivity index (χ2v) is 8.62. The Morgan fingerprint density at radius 1 is 1.03 bits per heavy atom. The number of hydrogen-bond donors (Lipinski definition) is 3. The van der Waals surface area contributed by atoms with Crippen LogP contribution in [0.5, 0.6) is 5.75 Å². The van der Waals surface area contributed by atoms with Gasteiger partial charge in [0.2, 0.25) is 0 Å². The molecule has 1 aliphatic rings. The van der Waals surface area contributed by atoms with E-state index in [-0.39, 0.29) is 18.4 Å². The van der Waals surface area contributed by atoms with Gasteiger partial charge in [-0.3, -0.25) is 0 Å². The summed E-state index contributed by atoms with van der Waals surface area (Å²) >= 11 is 5.65. The molecule has 0 saturated heterocycles. The van der Waals surface area contributed by atoms with Gasteiger partial charge in [-0.15, -0.1) is 24.0 Å². The molecule has 178 valence electrons. The fourth-order valence-electron chi connectivity index (χ4n) is 4.16. The van der Waals surface area contributed by atoms with Crippen LogP contribution >= 0.6 is 24.0 Å². The van der Waals surface area contributed by atoms with Gasteiger partial charge in [-0.2, -0.15) is 0 Å². The minimum absolute atomic E-state index is 0. The zero-order valence-corrected chi connectivity index (χ0v) is 20.6. The van der Waals surface area contributed by atoms with Crippen LogP contribution in [-0.4, -0.2) is 45.2 Å². The van der Waals surface area contributed by atoms with E-state index in [1.165, 1.54) is 36.8 Å². The van der Waals surface area contributed by atoms with Crippen molar-refractivity contribution in [1.82, 2.24) is 16.0 Å². The fourth-order valence-corrected chi connectivity index (χ4v) is 4.35. The fraction of sp³-hybridized carbons (Fsp3) is 0.708. The molecule has 1 aliphatic carbocycles. The molecule has 0 radical (unpaired) electrons. The van der Waals surface area contributed by atoms with Gasteiger partial charge < -0.3 is 20.7 Å². The predicted molar refractivity (Wildman–Crippen MR) is 133 cm³/mol. The summed E-state index contributed by atoms with van der Waals surface area (Å²) < 4.78 is 5.55. The van der Waals surface area contributed by atoms with Crippen molar-refractivity contribution in [3.8, 4) is 5.75 Å². The van der Waals surface area contributed by atoms with Crippen LogP contribution in [0.25, 0.3) is 0 Å². The largest absolute Gasteiger partial charge is 0.496 e. The summed E-state index contributed by atoms with van der Waals surface area (Å²) in [4.78, 5) is 11.7. The number of methoxy groups -OCH3 is 1. The van der Waals surface area contributed by atoms with Gasteiger partial charge in [0.25, 0.3) is 0 Å². The Hall–Kier alpha value is -1.17. The first-order valence-electron chi connectivity index (χ1n) is 11.7. The van der Waals surface area contributed by atoms with Crippen molar-refractivity contribution >= 4 is 30.0 Å². The number of ether oxygens (including phenoxy) is 1. The summed E-state index contributed by atoms with van der Waals surface area (Å²) in [5, 5.41) is 9.34. The quantitative estimate of drug-likeness (QED) is 0.245. The summed E-state index contributed by atoms with van der Waals surface area (Å²) in [6, 6.07) is 6.37. The highest BCUT2D eigenvalue weighted by atomic mass is 35.5. The van der Waals surface area contributed by atoms with E-state index in [4.69, 9.17) is 16.3 Å².